The number of halogens is 3. The summed E-state index contributed by atoms with van der Waals surface area (Å²) in [5.41, 5.74) is 0.629. The molecule has 0 aliphatic rings. The van der Waals surface area contributed by atoms with Gasteiger partial charge in [0.05, 0.1) is 0 Å². The van der Waals surface area contributed by atoms with Crippen LogP contribution in [0, 0.1) is 17.5 Å². The molecule has 0 radical (unpaired) electrons. The SMILES string of the molecule is CC(Oc1ccc(F)c(F)c1)C(=O)NC(c1ccc(F)cc1)c1nccn1C. The van der Waals surface area contributed by atoms with Crippen LogP contribution in [0.25, 0.3) is 0 Å². The van der Waals surface area contributed by atoms with Gasteiger partial charge >= 0.3 is 0 Å². The Morgan fingerprint density at radius 1 is 1.11 bits per heavy atom. The van der Waals surface area contributed by atoms with Crippen molar-refractivity contribution in [2.24, 2.45) is 7.05 Å². The van der Waals surface area contributed by atoms with Crippen LogP contribution in [0.4, 0.5) is 13.2 Å². The monoisotopic (exact) mass is 389 g/mol. The van der Waals surface area contributed by atoms with E-state index >= 15 is 0 Å². The van der Waals surface area contributed by atoms with Gasteiger partial charge in [-0.1, -0.05) is 12.1 Å². The molecule has 2 unspecified atom stereocenters. The Hall–Kier alpha value is -3.29. The van der Waals surface area contributed by atoms with Crippen LogP contribution in [0.3, 0.4) is 0 Å². The van der Waals surface area contributed by atoms with Crippen molar-refractivity contribution in [2.45, 2.75) is 19.1 Å². The van der Waals surface area contributed by atoms with Crippen molar-refractivity contribution in [3.63, 3.8) is 0 Å². The number of benzene rings is 2. The lowest BCUT2D eigenvalue weighted by molar-refractivity contribution is -0.127. The molecule has 28 heavy (non-hydrogen) atoms. The van der Waals surface area contributed by atoms with Crippen LogP contribution in [0.15, 0.2) is 54.9 Å². The van der Waals surface area contributed by atoms with Gasteiger partial charge in [0.15, 0.2) is 17.7 Å². The van der Waals surface area contributed by atoms with E-state index in [1.165, 1.54) is 25.1 Å². The average Bonchev–Trinajstić information content (AvgIpc) is 3.09. The maximum atomic E-state index is 13.3. The minimum absolute atomic E-state index is 0.0249. The van der Waals surface area contributed by atoms with Gasteiger partial charge in [0.25, 0.3) is 5.91 Å². The molecule has 0 spiro atoms. The molecule has 2 atom stereocenters. The number of imidazole rings is 1. The molecule has 3 aromatic rings. The maximum Gasteiger partial charge on any atom is 0.261 e. The summed E-state index contributed by atoms with van der Waals surface area (Å²) < 4.78 is 46.8. The number of ether oxygens (including phenoxy) is 1. The van der Waals surface area contributed by atoms with E-state index in [0.29, 0.717) is 11.4 Å². The molecule has 5 nitrogen and oxygen atoms in total. The van der Waals surface area contributed by atoms with Crippen molar-refractivity contribution in [3.8, 4) is 5.75 Å². The number of aromatic nitrogens is 2. The zero-order valence-corrected chi connectivity index (χ0v) is 15.2. The predicted molar refractivity (Wildman–Crippen MR) is 96.0 cm³/mol. The molecule has 0 bridgehead atoms. The van der Waals surface area contributed by atoms with Gasteiger partial charge in [-0.15, -0.1) is 0 Å². The number of nitrogens with one attached hydrogen (secondary N) is 1. The highest BCUT2D eigenvalue weighted by Crippen LogP contribution is 2.22. The van der Waals surface area contributed by atoms with Gasteiger partial charge in [-0.25, -0.2) is 18.2 Å². The second-order valence-electron chi connectivity index (χ2n) is 6.23. The Labute approximate surface area is 159 Å². The smallest absolute Gasteiger partial charge is 0.261 e. The number of hydrogen-bond donors (Lipinski definition) is 1. The summed E-state index contributed by atoms with van der Waals surface area (Å²) in [4.78, 5) is 16.9. The van der Waals surface area contributed by atoms with Crippen molar-refractivity contribution >= 4 is 5.91 Å². The molecule has 3 rings (SSSR count). The standard InChI is InChI=1S/C20H18F3N3O2/c1-12(28-15-7-8-16(22)17(23)11-15)20(27)25-18(19-24-9-10-26(19)2)13-3-5-14(21)6-4-13/h3-12,18H,1-2H3,(H,25,27). The van der Waals surface area contributed by atoms with Gasteiger partial charge in [-0.3, -0.25) is 4.79 Å². The van der Waals surface area contributed by atoms with Crippen molar-refractivity contribution in [3.05, 3.63) is 83.7 Å². The number of hydrogen-bond acceptors (Lipinski definition) is 3. The van der Waals surface area contributed by atoms with Gasteiger partial charge in [0.2, 0.25) is 0 Å². The fourth-order valence-electron chi connectivity index (χ4n) is 2.67. The summed E-state index contributed by atoms with van der Waals surface area (Å²) >= 11 is 0. The Bertz CT molecular complexity index is 973. The van der Waals surface area contributed by atoms with E-state index in [4.69, 9.17) is 4.74 Å². The number of carbonyl (C=O) groups is 1. The third kappa shape index (κ3) is 4.33. The van der Waals surface area contributed by atoms with Gasteiger partial charge in [-0.2, -0.15) is 0 Å². The first-order valence-electron chi connectivity index (χ1n) is 8.50. The van der Waals surface area contributed by atoms with E-state index in [9.17, 15) is 18.0 Å². The van der Waals surface area contributed by atoms with Crippen LogP contribution in [0.2, 0.25) is 0 Å². The molecule has 0 saturated heterocycles. The van der Waals surface area contributed by atoms with E-state index in [1.54, 1.807) is 36.1 Å². The first-order chi connectivity index (χ1) is 13.3. The molecule has 0 saturated carbocycles. The average molecular weight is 389 g/mol. The first-order valence-corrected chi connectivity index (χ1v) is 8.50. The summed E-state index contributed by atoms with van der Waals surface area (Å²) in [7, 11) is 1.77. The molecule has 1 aromatic heterocycles. The summed E-state index contributed by atoms with van der Waals surface area (Å²) in [6.07, 6.45) is 2.31. The summed E-state index contributed by atoms with van der Waals surface area (Å²) in [5, 5.41) is 2.80. The molecule has 1 heterocycles. The Morgan fingerprint density at radius 3 is 2.43 bits per heavy atom. The van der Waals surface area contributed by atoms with Crippen molar-refractivity contribution in [1.82, 2.24) is 14.9 Å². The second kappa shape index (κ2) is 8.16. The quantitative estimate of drug-likeness (QED) is 0.702. The highest BCUT2D eigenvalue weighted by atomic mass is 19.2. The molecule has 1 N–H and O–H groups in total. The first kappa shape index (κ1) is 19.5. The number of nitrogens with zero attached hydrogens (tertiary/aromatic N) is 2. The molecule has 8 heteroatoms. The van der Waals surface area contributed by atoms with E-state index in [-0.39, 0.29) is 5.75 Å². The number of amides is 1. The molecule has 0 aliphatic carbocycles. The third-order valence-electron chi connectivity index (χ3n) is 4.18. The lowest BCUT2D eigenvalue weighted by Crippen LogP contribution is -2.39. The summed E-state index contributed by atoms with van der Waals surface area (Å²) in [6, 6.07) is 8.06. The Morgan fingerprint density at radius 2 is 1.82 bits per heavy atom. The molecule has 1 amide bonds. The van der Waals surface area contributed by atoms with Gasteiger partial charge in [0, 0.05) is 25.5 Å². The van der Waals surface area contributed by atoms with Crippen LogP contribution in [-0.2, 0) is 11.8 Å². The molecular weight excluding hydrogens is 371 g/mol. The number of aryl methyl sites for hydroxylation is 1. The van der Waals surface area contributed by atoms with Crippen molar-refractivity contribution in [1.29, 1.82) is 0 Å². The van der Waals surface area contributed by atoms with E-state index < -0.39 is 35.5 Å². The highest BCUT2D eigenvalue weighted by molar-refractivity contribution is 5.81. The lowest BCUT2D eigenvalue weighted by Gasteiger charge is -2.22. The molecule has 0 fully saturated rings. The summed E-state index contributed by atoms with van der Waals surface area (Å²) in [6.45, 7) is 1.48. The van der Waals surface area contributed by atoms with Crippen LogP contribution < -0.4 is 10.1 Å². The molecular formula is C20H18F3N3O2. The second-order valence-corrected chi connectivity index (χ2v) is 6.23. The fraction of sp³-hybridized carbons (Fsp3) is 0.200. The number of carbonyl (C=O) groups excluding carboxylic acids is 1. The fourth-order valence-corrected chi connectivity index (χ4v) is 2.67. The maximum absolute atomic E-state index is 13.3. The zero-order valence-electron chi connectivity index (χ0n) is 15.2. The Kier molecular flexibility index (Phi) is 5.67. The van der Waals surface area contributed by atoms with Crippen molar-refractivity contribution in [2.75, 3.05) is 0 Å². The normalized spacial score (nSPS) is 13.0. The van der Waals surface area contributed by atoms with Crippen LogP contribution in [-0.4, -0.2) is 21.6 Å². The Balaban J connectivity index is 1.79. The van der Waals surface area contributed by atoms with Crippen LogP contribution in [0.5, 0.6) is 5.75 Å². The van der Waals surface area contributed by atoms with Gasteiger partial charge in [-0.05, 0) is 36.8 Å². The van der Waals surface area contributed by atoms with Gasteiger partial charge < -0.3 is 14.6 Å². The zero-order chi connectivity index (χ0) is 20.3. The molecule has 2 aromatic carbocycles. The molecule has 0 aliphatic heterocycles. The predicted octanol–water partition coefficient (Wildman–Crippen LogP) is 3.51. The van der Waals surface area contributed by atoms with Crippen LogP contribution >= 0.6 is 0 Å². The lowest BCUT2D eigenvalue weighted by atomic mass is 10.1. The third-order valence-corrected chi connectivity index (χ3v) is 4.18. The molecule has 146 valence electrons. The topological polar surface area (TPSA) is 56.1 Å². The minimum Gasteiger partial charge on any atom is -0.481 e. The van der Waals surface area contributed by atoms with Crippen molar-refractivity contribution < 1.29 is 22.7 Å². The van der Waals surface area contributed by atoms with E-state index in [0.717, 1.165) is 12.1 Å². The number of rotatable bonds is 6. The van der Waals surface area contributed by atoms with E-state index in [2.05, 4.69) is 10.3 Å². The largest absolute Gasteiger partial charge is 0.481 e. The van der Waals surface area contributed by atoms with Gasteiger partial charge in [0.1, 0.15) is 23.4 Å². The minimum atomic E-state index is -1.07. The van der Waals surface area contributed by atoms with Crippen LogP contribution in [0.1, 0.15) is 24.4 Å². The van der Waals surface area contributed by atoms with E-state index in [1.807, 2.05) is 0 Å². The summed E-state index contributed by atoms with van der Waals surface area (Å²) in [5.74, 6) is -2.40. The highest BCUT2D eigenvalue weighted by Gasteiger charge is 2.24.